The predicted octanol–water partition coefficient (Wildman–Crippen LogP) is 6.11. The molecule has 0 fully saturated rings. The van der Waals surface area contributed by atoms with Gasteiger partial charge in [-0.3, -0.25) is 10.1 Å². The zero-order valence-corrected chi connectivity index (χ0v) is 18.2. The lowest BCUT2D eigenvalue weighted by Gasteiger charge is -2.03. The number of non-ortho nitro benzene ring substituents is 1. The van der Waals surface area contributed by atoms with E-state index in [0.717, 1.165) is 11.3 Å². The largest absolute Gasteiger partial charge is 0.422 e. The van der Waals surface area contributed by atoms with Gasteiger partial charge in [-0.2, -0.15) is 5.26 Å². The average molecular weight is 485 g/mol. The van der Waals surface area contributed by atoms with E-state index in [1.807, 2.05) is 0 Å². The molecule has 0 radical (unpaired) electrons. The van der Waals surface area contributed by atoms with Crippen LogP contribution in [0.3, 0.4) is 0 Å². The standard InChI is InChI=1S/C21H10Cl2N4O4S/c22-13-5-14(23)7-15(6-13)25-9-12(8-24)20-26-18(10-32-20)17-4-11-3-16(27(29)30)1-2-19(11)31-21(17)28/h1-7,9-10,25H/b12-9+. The van der Waals surface area contributed by atoms with Crippen LogP contribution in [0.15, 0.2) is 63.3 Å². The molecule has 0 spiro atoms. The summed E-state index contributed by atoms with van der Waals surface area (Å²) in [6, 6.07) is 12.3. The van der Waals surface area contributed by atoms with E-state index in [0.29, 0.717) is 31.8 Å². The Balaban J connectivity index is 1.68. The minimum Gasteiger partial charge on any atom is -0.422 e. The number of allylic oxidation sites excluding steroid dienone is 1. The molecule has 0 aliphatic rings. The van der Waals surface area contributed by atoms with Gasteiger partial charge in [-0.15, -0.1) is 11.3 Å². The summed E-state index contributed by atoms with van der Waals surface area (Å²) in [5, 5.41) is 26.7. The van der Waals surface area contributed by atoms with Gasteiger partial charge in [-0.25, -0.2) is 9.78 Å². The molecule has 2 aromatic carbocycles. The summed E-state index contributed by atoms with van der Waals surface area (Å²) in [6.07, 6.45) is 1.46. The highest BCUT2D eigenvalue weighted by molar-refractivity contribution is 7.11. The van der Waals surface area contributed by atoms with E-state index in [1.54, 1.807) is 23.6 Å². The van der Waals surface area contributed by atoms with Crippen LogP contribution in [0.25, 0.3) is 27.8 Å². The Kier molecular flexibility index (Phi) is 5.92. The van der Waals surface area contributed by atoms with E-state index < -0.39 is 10.5 Å². The quantitative estimate of drug-likeness (QED) is 0.157. The molecular formula is C21H10Cl2N4O4S. The Hall–Kier alpha value is -3.71. The molecule has 0 unspecified atom stereocenters. The molecule has 0 aliphatic heterocycles. The lowest BCUT2D eigenvalue weighted by Crippen LogP contribution is -2.03. The number of nitrogens with one attached hydrogen (secondary N) is 1. The normalized spacial score (nSPS) is 11.3. The van der Waals surface area contributed by atoms with Crippen LogP contribution in [-0.2, 0) is 0 Å². The third-order valence-electron chi connectivity index (χ3n) is 4.30. The number of halogens is 2. The summed E-state index contributed by atoms with van der Waals surface area (Å²) in [7, 11) is 0. The van der Waals surface area contributed by atoms with E-state index in [4.69, 9.17) is 27.6 Å². The number of benzene rings is 2. The van der Waals surface area contributed by atoms with Crippen molar-refractivity contribution >= 4 is 62.5 Å². The van der Waals surface area contributed by atoms with Crippen LogP contribution in [-0.4, -0.2) is 9.91 Å². The minimum absolute atomic E-state index is 0.127. The highest BCUT2D eigenvalue weighted by Crippen LogP contribution is 2.28. The van der Waals surface area contributed by atoms with Crippen molar-refractivity contribution in [1.29, 1.82) is 5.26 Å². The molecule has 32 heavy (non-hydrogen) atoms. The SMILES string of the molecule is N#C/C(=C\Nc1cc(Cl)cc(Cl)c1)c1nc(-c2cc3cc([N+](=O)[O-])ccc3oc2=O)cs1. The Labute approximate surface area is 194 Å². The van der Waals surface area contributed by atoms with Gasteiger partial charge >= 0.3 is 5.63 Å². The highest BCUT2D eigenvalue weighted by atomic mass is 35.5. The minimum atomic E-state index is -0.641. The van der Waals surface area contributed by atoms with Gasteiger partial charge in [0.15, 0.2) is 0 Å². The second kappa shape index (κ2) is 8.80. The number of hydrogen-bond donors (Lipinski definition) is 1. The number of rotatable bonds is 5. The molecule has 0 amide bonds. The van der Waals surface area contributed by atoms with Gasteiger partial charge in [0, 0.05) is 44.8 Å². The van der Waals surface area contributed by atoms with E-state index in [-0.39, 0.29) is 22.4 Å². The number of nitro benzene ring substituents is 1. The zero-order valence-electron chi connectivity index (χ0n) is 15.8. The van der Waals surface area contributed by atoms with Gasteiger partial charge in [-0.1, -0.05) is 23.2 Å². The topological polar surface area (TPSA) is 122 Å². The average Bonchev–Trinajstić information content (AvgIpc) is 3.22. The number of nitriles is 1. The van der Waals surface area contributed by atoms with Crippen molar-refractivity contribution in [2.75, 3.05) is 5.32 Å². The molecule has 0 saturated heterocycles. The molecular weight excluding hydrogens is 475 g/mol. The van der Waals surface area contributed by atoms with Gasteiger partial charge in [-0.05, 0) is 30.3 Å². The molecule has 0 saturated carbocycles. The first-order chi connectivity index (χ1) is 15.3. The van der Waals surface area contributed by atoms with Crippen LogP contribution >= 0.6 is 34.5 Å². The number of hydrogen-bond acceptors (Lipinski definition) is 8. The molecule has 8 nitrogen and oxygen atoms in total. The first-order valence-electron chi connectivity index (χ1n) is 8.85. The van der Waals surface area contributed by atoms with Crippen molar-refractivity contribution < 1.29 is 9.34 Å². The van der Waals surface area contributed by atoms with Crippen molar-refractivity contribution in [2.24, 2.45) is 0 Å². The number of nitro groups is 1. The fourth-order valence-corrected chi connectivity index (χ4v) is 4.17. The van der Waals surface area contributed by atoms with Gasteiger partial charge in [0.05, 0.1) is 16.2 Å². The van der Waals surface area contributed by atoms with Crippen LogP contribution in [0.1, 0.15) is 5.01 Å². The maximum Gasteiger partial charge on any atom is 0.345 e. The Morgan fingerprint density at radius 3 is 2.66 bits per heavy atom. The lowest BCUT2D eigenvalue weighted by atomic mass is 10.1. The maximum absolute atomic E-state index is 12.4. The molecule has 0 bridgehead atoms. The van der Waals surface area contributed by atoms with Crippen molar-refractivity contribution in [3.63, 3.8) is 0 Å². The third kappa shape index (κ3) is 4.48. The molecule has 4 rings (SSSR count). The maximum atomic E-state index is 12.4. The molecule has 11 heteroatoms. The Bertz CT molecular complexity index is 1480. The van der Waals surface area contributed by atoms with Crippen molar-refractivity contribution in [3.8, 4) is 17.3 Å². The molecule has 2 aromatic heterocycles. The summed E-state index contributed by atoms with van der Waals surface area (Å²) >= 11 is 13.1. The second-order valence-corrected chi connectivity index (χ2v) is 8.17. The van der Waals surface area contributed by atoms with Crippen molar-refractivity contribution in [1.82, 2.24) is 4.98 Å². The van der Waals surface area contributed by atoms with Gasteiger partial charge in [0.1, 0.15) is 22.2 Å². The summed E-state index contributed by atoms with van der Waals surface area (Å²) in [5.41, 5.74) is 0.686. The molecule has 4 aromatic rings. The van der Waals surface area contributed by atoms with Crippen LogP contribution in [0.2, 0.25) is 10.0 Å². The fourth-order valence-electron chi connectivity index (χ4n) is 2.86. The molecule has 0 aliphatic carbocycles. The Morgan fingerprint density at radius 1 is 1.22 bits per heavy atom. The third-order valence-corrected chi connectivity index (χ3v) is 5.62. The molecule has 1 N–H and O–H groups in total. The van der Waals surface area contributed by atoms with E-state index in [2.05, 4.69) is 16.4 Å². The smallest absolute Gasteiger partial charge is 0.345 e. The predicted molar refractivity (Wildman–Crippen MR) is 124 cm³/mol. The number of nitrogens with zero attached hydrogens (tertiary/aromatic N) is 3. The number of aromatic nitrogens is 1. The highest BCUT2D eigenvalue weighted by Gasteiger charge is 2.15. The second-order valence-electron chi connectivity index (χ2n) is 6.44. The van der Waals surface area contributed by atoms with Crippen LogP contribution in [0, 0.1) is 21.4 Å². The fraction of sp³-hybridized carbons (Fsp3) is 0. The monoisotopic (exact) mass is 484 g/mol. The zero-order chi connectivity index (χ0) is 22.8. The number of fused-ring (bicyclic) bond motifs is 1. The van der Waals surface area contributed by atoms with E-state index in [1.165, 1.54) is 30.5 Å². The summed E-state index contributed by atoms with van der Waals surface area (Å²) in [5.74, 6) is 0. The van der Waals surface area contributed by atoms with Crippen molar-refractivity contribution in [3.05, 3.63) is 89.6 Å². The summed E-state index contributed by atoms with van der Waals surface area (Å²) < 4.78 is 5.28. The lowest BCUT2D eigenvalue weighted by molar-refractivity contribution is -0.384. The van der Waals surface area contributed by atoms with E-state index >= 15 is 0 Å². The van der Waals surface area contributed by atoms with Crippen LogP contribution < -0.4 is 10.9 Å². The van der Waals surface area contributed by atoms with Crippen LogP contribution in [0.4, 0.5) is 11.4 Å². The Morgan fingerprint density at radius 2 is 1.97 bits per heavy atom. The van der Waals surface area contributed by atoms with Crippen molar-refractivity contribution in [2.45, 2.75) is 0 Å². The first-order valence-corrected chi connectivity index (χ1v) is 10.5. The number of anilines is 1. The number of thiazole rings is 1. The van der Waals surface area contributed by atoms with Gasteiger partial charge in [0.25, 0.3) is 5.69 Å². The molecule has 0 atom stereocenters. The summed E-state index contributed by atoms with van der Waals surface area (Å²) in [6.45, 7) is 0. The van der Waals surface area contributed by atoms with Gasteiger partial charge in [0.2, 0.25) is 0 Å². The molecule has 2 heterocycles. The van der Waals surface area contributed by atoms with E-state index in [9.17, 15) is 20.2 Å². The molecule has 158 valence electrons. The first kappa shape index (κ1) is 21.5. The van der Waals surface area contributed by atoms with Gasteiger partial charge < -0.3 is 9.73 Å². The van der Waals surface area contributed by atoms with Crippen LogP contribution in [0.5, 0.6) is 0 Å². The summed E-state index contributed by atoms with van der Waals surface area (Å²) in [4.78, 5) is 27.3.